The van der Waals surface area contributed by atoms with Crippen molar-refractivity contribution < 1.29 is 4.74 Å². The van der Waals surface area contributed by atoms with Gasteiger partial charge >= 0.3 is 5.69 Å². The maximum absolute atomic E-state index is 12.7. The van der Waals surface area contributed by atoms with Crippen molar-refractivity contribution >= 4 is 23.6 Å². The molecule has 1 fully saturated rings. The van der Waals surface area contributed by atoms with Gasteiger partial charge in [0.05, 0.1) is 7.11 Å². The fourth-order valence-corrected chi connectivity index (χ4v) is 5.05. The lowest BCUT2D eigenvalue weighted by Gasteiger charge is -2.32. The summed E-state index contributed by atoms with van der Waals surface area (Å²) in [6, 6.07) is 6.47. The van der Waals surface area contributed by atoms with Crippen molar-refractivity contribution in [3.8, 4) is 5.75 Å². The van der Waals surface area contributed by atoms with Gasteiger partial charge in [0.2, 0.25) is 0 Å². The van der Waals surface area contributed by atoms with Gasteiger partial charge in [0.15, 0.2) is 11.2 Å². The number of aromatic amines is 1. The molecule has 1 aliphatic heterocycles. The molecule has 158 valence electrons. The maximum Gasteiger partial charge on any atom is 0.330 e. The van der Waals surface area contributed by atoms with Crippen LogP contribution in [0.15, 0.2) is 40.2 Å². The molecule has 5 rings (SSSR count). The van der Waals surface area contributed by atoms with Gasteiger partial charge in [-0.15, -0.1) is 12.4 Å². The Morgan fingerprint density at radius 2 is 2.07 bits per heavy atom. The number of methoxy groups -OCH3 is 1. The summed E-state index contributed by atoms with van der Waals surface area (Å²) in [4.78, 5) is 35.9. The van der Waals surface area contributed by atoms with Crippen molar-refractivity contribution in [2.24, 2.45) is 5.92 Å². The zero-order valence-corrected chi connectivity index (χ0v) is 17.4. The molecule has 0 radical (unpaired) electrons. The van der Waals surface area contributed by atoms with Crippen LogP contribution in [0.3, 0.4) is 0 Å². The molecule has 30 heavy (non-hydrogen) atoms. The standard InChI is InChI=1S/C21H23N5O3.ClH/c1-29-16-4-2-3-14-13(16)6-5-12-11-24-15(17(12)14)7-10-26-20(27)18-19(25-21(26)28)23-9-8-22-18;/h2-4,8-9,12,15,17,24H,5-7,10-11H2,1H3,(H,23,25,28);1H/t12-,15?,17+;/m0./s1. The van der Waals surface area contributed by atoms with E-state index >= 15 is 0 Å². The number of nitrogens with one attached hydrogen (secondary N) is 2. The van der Waals surface area contributed by atoms with Gasteiger partial charge < -0.3 is 10.1 Å². The normalized spacial score (nSPS) is 22.2. The number of nitrogens with zero attached hydrogens (tertiary/aromatic N) is 3. The van der Waals surface area contributed by atoms with Crippen molar-refractivity contribution in [3.63, 3.8) is 0 Å². The number of H-pyrrole nitrogens is 1. The third-order valence-corrected chi connectivity index (χ3v) is 6.38. The Bertz CT molecular complexity index is 1190. The molecule has 0 bridgehead atoms. The van der Waals surface area contributed by atoms with Crippen LogP contribution in [-0.2, 0) is 13.0 Å². The molecule has 2 N–H and O–H groups in total. The highest BCUT2D eigenvalue weighted by Gasteiger charge is 2.40. The zero-order valence-electron chi connectivity index (χ0n) is 16.6. The van der Waals surface area contributed by atoms with Gasteiger partial charge in [0.25, 0.3) is 5.56 Å². The minimum Gasteiger partial charge on any atom is -0.496 e. The number of halogens is 1. The summed E-state index contributed by atoms with van der Waals surface area (Å²) in [5.74, 6) is 1.88. The van der Waals surface area contributed by atoms with Crippen LogP contribution in [0.1, 0.15) is 29.9 Å². The summed E-state index contributed by atoms with van der Waals surface area (Å²) < 4.78 is 6.81. The van der Waals surface area contributed by atoms with Crippen LogP contribution < -0.4 is 21.3 Å². The first-order valence-corrected chi connectivity index (χ1v) is 10.0. The molecule has 0 saturated carbocycles. The average molecular weight is 430 g/mol. The Hall–Kier alpha value is -2.71. The number of hydrogen-bond donors (Lipinski definition) is 2. The van der Waals surface area contributed by atoms with Gasteiger partial charge in [-0.2, -0.15) is 0 Å². The van der Waals surface area contributed by atoms with E-state index in [-0.39, 0.29) is 29.6 Å². The summed E-state index contributed by atoms with van der Waals surface area (Å²) in [6.07, 6.45) is 5.75. The van der Waals surface area contributed by atoms with Gasteiger partial charge in [0.1, 0.15) is 5.75 Å². The van der Waals surface area contributed by atoms with E-state index in [0.717, 1.165) is 25.1 Å². The molecule has 1 aliphatic carbocycles. The molecule has 0 amide bonds. The number of fused-ring (bicyclic) bond motifs is 4. The first kappa shape index (κ1) is 20.6. The van der Waals surface area contributed by atoms with Crippen LogP contribution in [0.25, 0.3) is 11.2 Å². The van der Waals surface area contributed by atoms with Gasteiger partial charge in [0, 0.05) is 30.9 Å². The maximum atomic E-state index is 12.7. The van der Waals surface area contributed by atoms with Gasteiger partial charge in [-0.3, -0.25) is 14.3 Å². The molecule has 1 unspecified atom stereocenters. The number of aromatic nitrogens is 4. The molecular formula is C21H24ClN5O3. The van der Waals surface area contributed by atoms with Crippen molar-refractivity contribution in [3.05, 3.63) is 62.6 Å². The quantitative estimate of drug-likeness (QED) is 0.653. The Labute approximate surface area is 179 Å². The summed E-state index contributed by atoms with van der Waals surface area (Å²) >= 11 is 0. The van der Waals surface area contributed by atoms with E-state index in [1.165, 1.54) is 28.1 Å². The van der Waals surface area contributed by atoms with Crippen LogP contribution in [-0.4, -0.2) is 39.2 Å². The topological polar surface area (TPSA) is 102 Å². The number of rotatable bonds is 4. The van der Waals surface area contributed by atoms with Crippen molar-refractivity contribution in [1.82, 2.24) is 24.8 Å². The third-order valence-electron chi connectivity index (χ3n) is 6.38. The summed E-state index contributed by atoms with van der Waals surface area (Å²) in [6.45, 7) is 1.29. The van der Waals surface area contributed by atoms with Crippen LogP contribution in [0.4, 0.5) is 0 Å². The molecule has 8 nitrogen and oxygen atoms in total. The lowest BCUT2D eigenvalue weighted by Crippen LogP contribution is -2.38. The minimum atomic E-state index is -0.441. The van der Waals surface area contributed by atoms with Crippen molar-refractivity contribution in [2.75, 3.05) is 13.7 Å². The molecular weight excluding hydrogens is 406 g/mol. The second-order valence-electron chi connectivity index (χ2n) is 7.80. The Morgan fingerprint density at radius 3 is 2.90 bits per heavy atom. The monoisotopic (exact) mass is 429 g/mol. The molecule has 2 aliphatic rings. The van der Waals surface area contributed by atoms with E-state index in [2.05, 4.69) is 26.3 Å². The van der Waals surface area contributed by atoms with Gasteiger partial charge in [-0.1, -0.05) is 12.1 Å². The third kappa shape index (κ3) is 3.30. The second-order valence-corrected chi connectivity index (χ2v) is 7.80. The highest BCUT2D eigenvalue weighted by Crippen LogP contribution is 2.45. The minimum absolute atomic E-state index is 0. The van der Waals surface area contributed by atoms with Gasteiger partial charge in [-0.25, -0.2) is 14.8 Å². The van der Waals surface area contributed by atoms with E-state index < -0.39 is 11.2 Å². The van der Waals surface area contributed by atoms with Crippen molar-refractivity contribution in [1.29, 1.82) is 0 Å². The molecule has 1 saturated heterocycles. The molecule has 9 heteroatoms. The fraction of sp³-hybridized carbons (Fsp3) is 0.429. The Morgan fingerprint density at radius 1 is 1.23 bits per heavy atom. The van der Waals surface area contributed by atoms with Crippen LogP contribution >= 0.6 is 12.4 Å². The summed E-state index contributed by atoms with van der Waals surface area (Å²) in [5.41, 5.74) is 2.21. The van der Waals surface area contributed by atoms with E-state index in [4.69, 9.17) is 4.74 Å². The Kier molecular flexibility index (Phi) is 5.62. The van der Waals surface area contributed by atoms with E-state index in [9.17, 15) is 9.59 Å². The molecule has 1 aromatic carbocycles. The summed E-state index contributed by atoms with van der Waals surface area (Å²) in [5, 5.41) is 3.63. The van der Waals surface area contributed by atoms with Crippen LogP contribution in [0.2, 0.25) is 0 Å². The summed E-state index contributed by atoms with van der Waals surface area (Å²) in [7, 11) is 1.72. The van der Waals surface area contributed by atoms with Crippen molar-refractivity contribution in [2.45, 2.75) is 37.8 Å². The predicted molar refractivity (Wildman–Crippen MR) is 116 cm³/mol. The predicted octanol–water partition coefficient (Wildman–Crippen LogP) is 1.62. The molecule has 2 aromatic heterocycles. The van der Waals surface area contributed by atoms with E-state index in [1.54, 1.807) is 7.11 Å². The molecule has 3 aromatic rings. The zero-order chi connectivity index (χ0) is 20.0. The number of ether oxygens (including phenoxy) is 1. The Balaban J connectivity index is 0.00000218. The number of hydrogen-bond acceptors (Lipinski definition) is 6. The van der Waals surface area contributed by atoms with Gasteiger partial charge in [-0.05, 0) is 48.9 Å². The SMILES string of the molecule is COc1cccc2c1CC[C@H]1CNC(CCn3c(=O)[nH]c4nccnc4c3=O)[C@@H]21.Cl. The van der Waals surface area contributed by atoms with E-state index in [1.807, 2.05) is 12.1 Å². The average Bonchev–Trinajstić information content (AvgIpc) is 3.16. The lowest BCUT2D eigenvalue weighted by atomic mass is 9.73. The largest absolute Gasteiger partial charge is 0.496 e. The number of benzene rings is 1. The molecule has 3 heterocycles. The lowest BCUT2D eigenvalue weighted by molar-refractivity contribution is 0.371. The highest BCUT2D eigenvalue weighted by molar-refractivity contribution is 5.85. The first-order valence-electron chi connectivity index (χ1n) is 10.0. The first-order chi connectivity index (χ1) is 14.2. The van der Waals surface area contributed by atoms with Crippen LogP contribution in [0, 0.1) is 5.92 Å². The van der Waals surface area contributed by atoms with E-state index in [0.29, 0.717) is 24.8 Å². The second kappa shape index (κ2) is 8.20. The van der Waals surface area contributed by atoms with Crippen LogP contribution in [0.5, 0.6) is 5.75 Å². The molecule has 0 spiro atoms. The highest BCUT2D eigenvalue weighted by atomic mass is 35.5. The smallest absolute Gasteiger partial charge is 0.330 e. The fourth-order valence-electron chi connectivity index (χ4n) is 5.05. The molecule has 3 atom stereocenters.